The fourth-order valence-electron chi connectivity index (χ4n) is 2.21. The van der Waals surface area contributed by atoms with Gasteiger partial charge in [0, 0.05) is 7.11 Å². The third kappa shape index (κ3) is 3.14. The smallest absolute Gasteiger partial charge is 0.0574 e. The first kappa shape index (κ1) is 10.0. The molecule has 0 saturated heterocycles. The predicted octanol–water partition coefficient (Wildman–Crippen LogP) is 3.38. The van der Waals surface area contributed by atoms with E-state index in [1.54, 1.807) is 0 Å². The monoisotopic (exact) mass is 170 g/mol. The van der Waals surface area contributed by atoms with Crippen LogP contribution in [-0.4, -0.2) is 13.2 Å². The SMILES string of the molecule is CCCCC1CCCC(OC)C1. The van der Waals surface area contributed by atoms with Crippen LogP contribution in [0.1, 0.15) is 51.9 Å². The van der Waals surface area contributed by atoms with Gasteiger partial charge in [0.25, 0.3) is 0 Å². The lowest BCUT2D eigenvalue weighted by Crippen LogP contribution is -2.21. The van der Waals surface area contributed by atoms with E-state index in [4.69, 9.17) is 4.74 Å². The van der Waals surface area contributed by atoms with Crippen molar-refractivity contribution in [2.45, 2.75) is 58.0 Å². The van der Waals surface area contributed by atoms with E-state index in [2.05, 4.69) is 6.92 Å². The van der Waals surface area contributed by atoms with Crippen molar-refractivity contribution in [3.63, 3.8) is 0 Å². The quantitative estimate of drug-likeness (QED) is 0.628. The van der Waals surface area contributed by atoms with Crippen molar-refractivity contribution in [2.24, 2.45) is 5.92 Å². The minimum Gasteiger partial charge on any atom is -0.381 e. The van der Waals surface area contributed by atoms with Gasteiger partial charge < -0.3 is 4.74 Å². The summed E-state index contributed by atoms with van der Waals surface area (Å²) in [6.45, 7) is 2.27. The number of hydrogen-bond donors (Lipinski definition) is 0. The van der Waals surface area contributed by atoms with E-state index < -0.39 is 0 Å². The van der Waals surface area contributed by atoms with Crippen molar-refractivity contribution in [3.05, 3.63) is 0 Å². The number of hydrogen-bond acceptors (Lipinski definition) is 1. The fourth-order valence-corrected chi connectivity index (χ4v) is 2.21. The summed E-state index contributed by atoms with van der Waals surface area (Å²) in [4.78, 5) is 0. The lowest BCUT2D eigenvalue weighted by atomic mass is 9.84. The molecule has 0 amide bonds. The van der Waals surface area contributed by atoms with Crippen LogP contribution in [0.4, 0.5) is 0 Å². The first-order valence-electron chi connectivity index (χ1n) is 5.39. The Hall–Kier alpha value is -0.0400. The fraction of sp³-hybridized carbons (Fsp3) is 1.00. The molecule has 1 aliphatic carbocycles. The van der Waals surface area contributed by atoms with Gasteiger partial charge in [-0.1, -0.05) is 39.0 Å². The molecule has 0 aromatic heterocycles. The molecule has 0 spiro atoms. The van der Waals surface area contributed by atoms with Crippen LogP contribution in [0.3, 0.4) is 0 Å². The van der Waals surface area contributed by atoms with Gasteiger partial charge in [-0.25, -0.2) is 0 Å². The van der Waals surface area contributed by atoms with Crippen molar-refractivity contribution < 1.29 is 4.74 Å². The van der Waals surface area contributed by atoms with Gasteiger partial charge in [0.15, 0.2) is 0 Å². The zero-order chi connectivity index (χ0) is 8.81. The van der Waals surface area contributed by atoms with Gasteiger partial charge in [0.1, 0.15) is 0 Å². The molecular weight excluding hydrogens is 148 g/mol. The molecule has 0 bridgehead atoms. The van der Waals surface area contributed by atoms with Gasteiger partial charge in [-0.3, -0.25) is 0 Å². The van der Waals surface area contributed by atoms with Gasteiger partial charge in [-0.2, -0.15) is 0 Å². The first-order chi connectivity index (χ1) is 5.86. The summed E-state index contributed by atoms with van der Waals surface area (Å²) in [5, 5.41) is 0. The van der Waals surface area contributed by atoms with E-state index >= 15 is 0 Å². The predicted molar refractivity (Wildman–Crippen MR) is 52.3 cm³/mol. The topological polar surface area (TPSA) is 9.23 Å². The number of methoxy groups -OCH3 is 1. The third-order valence-corrected chi connectivity index (χ3v) is 3.03. The van der Waals surface area contributed by atoms with Crippen LogP contribution in [-0.2, 0) is 4.74 Å². The maximum atomic E-state index is 5.40. The highest BCUT2D eigenvalue weighted by Crippen LogP contribution is 2.29. The molecule has 0 aliphatic heterocycles. The maximum Gasteiger partial charge on any atom is 0.0574 e. The largest absolute Gasteiger partial charge is 0.381 e. The van der Waals surface area contributed by atoms with Crippen molar-refractivity contribution in [3.8, 4) is 0 Å². The van der Waals surface area contributed by atoms with Crippen LogP contribution in [0.2, 0.25) is 0 Å². The molecule has 0 aromatic rings. The highest BCUT2D eigenvalue weighted by molar-refractivity contribution is 4.72. The second kappa shape index (κ2) is 5.58. The summed E-state index contributed by atoms with van der Waals surface area (Å²) in [6, 6.07) is 0. The summed E-state index contributed by atoms with van der Waals surface area (Å²) in [7, 11) is 1.85. The van der Waals surface area contributed by atoms with Crippen molar-refractivity contribution >= 4 is 0 Å². The molecule has 2 unspecified atom stereocenters. The lowest BCUT2D eigenvalue weighted by Gasteiger charge is -2.27. The molecular formula is C11H22O. The zero-order valence-corrected chi connectivity index (χ0v) is 8.51. The molecule has 1 heteroatoms. The Morgan fingerprint density at radius 3 is 2.83 bits per heavy atom. The van der Waals surface area contributed by atoms with Crippen LogP contribution < -0.4 is 0 Å². The zero-order valence-electron chi connectivity index (χ0n) is 8.51. The molecule has 1 saturated carbocycles. The highest BCUT2D eigenvalue weighted by Gasteiger charge is 2.20. The van der Waals surface area contributed by atoms with E-state index in [1.165, 1.54) is 44.9 Å². The van der Waals surface area contributed by atoms with E-state index in [0.29, 0.717) is 6.10 Å². The van der Waals surface area contributed by atoms with E-state index in [9.17, 15) is 0 Å². The first-order valence-corrected chi connectivity index (χ1v) is 5.39. The van der Waals surface area contributed by atoms with Gasteiger partial charge >= 0.3 is 0 Å². The van der Waals surface area contributed by atoms with Gasteiger partial charge in [-0.15, -0.1) is 0 Å². The second-order valence-corrected chi connectivity index (χ2v) is 4.03. The maximum absolute atomic E-state index is 5.40. The molecule has 2 atom stereocenters. The third-order valence-electron chi connectivity index (χ3n) is 3.03. The number of rotatable bonds is 4. The van der Waals surface area contributed by atoms with Crippen LogP contribution in [0.15, 0.2) is 0 Å². The molecule has 0 radical (unpaired) electrons. The highest BCUT2D eigenvalue weighted by atomic mass is 16.5. The lowest BCUT2D eigenvalue weighted by molar-refractivity contribution is 0.0486. The van der Waals surface area contributed by atoms with E-state index in [-0.39, 0.29) is 0 Å². The molecule has 0 heterocycles. The van der Waals surface area contributed by atoms with E-state index in [0.717, 1.165) is 5.92 Å². The Bertz CT molecular complexity index is 112. The van der Waals surface area contributed by atoms with Crippen molar-refractivity contribution in [2.75, 3.05) is 7.11 Å². The van der Waals surface area contributed by atoms with Crippen molar-refractivity contribution in [1.82, 2.24) is 0 Å². The summed E-state index contributed by atoms with van der Waals surface area (Å²) in [6.07, 6.45) is 10.2. The summed E-state index contributed by atoms with van der Waals surface area (Å²) in [5.41, 5.74) is 0. The molecule has 1 fully saturated rings. The Morgan fingerprint density at radius 1 is 1.33 bits per heavy atom. The Kier molecular flexibility index (Phi) is 4.67. The summed E-state index contributed by atoms with van der Waals surface area (Å²) in [5.74, 6) is 0.962. The molecule has 1 nitrogen and oxygen atoms in total. The van der Waals surface area contributed by atoms with Crippen molar-refractivity contribution in [1.29, 1.82) is 0 Å². The second-order valence-electron chi connectivity index (χ2n) is 4.03. The molecule has 0 N–H and O–H groups in total. The molecule has 12 heavy (non-hydrogen) atoms. The van der Waals surface area contributed by atoms with Crippen LogP contribution in [0.5, 0.6) is 0 Å². The molecule has 1 aliphatic rings. The minimum atomic E-state index is 0.570. The van der Waals surface area contributed by atoms with Gasteiger partial charge in [-0.05, 0) is 18.8 Å². The van der Waals surface area contributed by atoms with Crippen LogP contribution in [0, 0.1) is 5.92 Å². The van der Waals surface area contributed by atoms with E-state index in [1.807, 2.05) is 7.11 Å². The average molecular weight is 170 g/mol. The summed E-state index contributed by atoms with van der Waals surface area (Å²) < 4.78 is 5.40. The Morgan fingerprint density at radius 2 is 2.17 bits per heavy atom. The van der Waals surface area contributed by atoms with Gasteiger partial charge in [0.05, 0.1) is 6.10 Å². The normalized spacial score (nSPS) is 30.5. The minimum absolute atomic E-state index is 0.570. The molecule has 72 valence electrons. The number of unbranched alkanes of at least 4 members (excludes halogenated alkanes) is 1. The molecule has 0 aromatic carbocycles. The van der Waals surface area contributed by atoms with Crippen LogP contribution >= 0.6 is 0 Å². The van der Waals surface area contributed by atoms with Crippen LogP contribution in [0.25, 0.3) is 0 Å². The summed E-state index contributed by atoms with van der Waals surface area (Å²) >= 11 is 0. The Labute approximate surface area is 76.5 Å². The molecule has 1 rings (SSSR count). The van der Waals surface area contributed by atoms with Gasteiger partial charge in [0.2, 0.25) is 0 Å². The standard InChI is InChI=1S/C11H22O/c1-3-4-6-10-7-5-8-11(9-10)12-2/h10-11H,3-9H2,1-2H3. The average Bonchev–Trinajstić information content (AvgIpc) is 2.15. The number of ether oxygens (including phenoxy) is 1. The Balaban J connectivity index is 2.16.